The van der Waals surface area contributed by atoms with Crippen LogP contribution in [0.15, 0.2) is 18.3 Å². The summed E-state index contributed by atoms with van der Waals surface area (Å²) in [6.45, 7) is 5.86. The number of carbonyl (C=O) groups excluding carboxylic acids is 1. The number of hydrogen-bond donors (Lipinski definition) is 2. The maximum absolute atomic E-state index is 12.1. The molecule has 0 saturated heterocycles. The van der Waals surface area contributed by atoms with Crippen LogP contribution in [-0.4, -0.2) is 30.6 Å². The van der Waals surface area contributed by atoms with Crippen LogP contribution in [0, 0.1) is 5.92 Å². The molecule has 1 amide bonds. The third-order valence-corrected chi connectivity index (χ3v) is 3.82. The fourth-order valence-electron chi connectivity index (χ4n) is 1.76. The molecule has 0 radical (unpaired) electrons. The maximum Gasteiger partial charge on any atom is 0.263 e. The van der Waals surface area contributed by atoms with Crippen molar-refractivity contribution in [3.05, 3.63) is 23.2 Å². The Kier molecular flexibility index (Phi) is 4.92. The Morgan fingerprint density at radius 2 is 2.35 bits per heavy atom. The zero-order chi connectivity index (χ0) is 14.5. The van der Waals surface area contributed by atoms with Crippen LogP contribution >= 0.6 is 11.3 Å². The van der Waals surface area contributed by atoms with E-state index in [9.17, 15) is 4.79 Å². The second-order valence-electron chi connectivity index (χ2n) is 4.93. The van der Waals surface area contributed by atoms with Crippen molar-refractivity contribution >= 4 is 33.1 Å². The minimum Gasteiger partial charge on any atom is -0.397 e. The van der Waals surface area contributed by atoms with Gasteiger partial charge in [-0.05, 0) is 18.1 Å². The van der Waals surface area contributed by atoms with E-state index in [1.807, 2.05) is 12.1 Å². The van der Waals surface area contributed by atoms with Crippen LogP contribution in [0.5, 0.6) is 0 Å². The van der Waals surface area contributed by atoms with Crippen LogP contribution in [0.2, 0.25) is 0 Å². The summed E-state index contributed by atoms with van der Waals surface area (Å²) < 4.78 is 5.42. The Balaban J connectivity index is 1.93. The molecule has 0 bridgehead atoms. The molecule has 2 aromatic heterocycles. The molecular weight excluding hydrogens is 274 g/mol. The van der Waals surface area contributed by atoms with E-state index >= 15 is 0 Å². The molecule has 2 heterocycles. The highest BCUT2D eigenvalue weighted by molar-refractivity contribution is 7.21. The molecule has 3 N–H and O–H groups in total. The minimum absolute atomic E-state index is 0.168. The molecule has 5 nitrogen and oxygen atoms in total. The molecule has 0 aliphatic carbocycles. The smallest absolute Gasteiger partial charge is 0.263 e. The number of nitrogens with two attached hydrogens (primary N) is 1. The summed E-state index contributed by atoms with van der Waals surface area (Å²) in [6, 6.07) is 3.68. The SMILES string of the molecule is CC(C)COCCNC(=O)c1sc2ncccc2c1N. The number of aromatic nitrogens is 1. The molecule has 0 fully saturated rings. The number of amides is 1. The van der Waals surface area contributed by atoms with Crippen LogP contribution in [0.4, 0.5) is 5.69 Å². The molecule has 0 spiro atoms. The average molecular weight is 293 g/mol. The first-order valence-electron chi connectivity index (χ1n) is 6.58. The van der Waals surface area contributed by atoms with Crippen molar-refractivity contribution < 1.29 is 9.53 Å². The Hall–Kier alpha value is -1.66. The molecule has 2 aromatic rings. The Labute approximate surface area is 122 Å². The van der Waals surface area contributed by atoms with Gasteiger partial charge in [-0.1, -0.05) is 13.8 Å². The number of thiophene rings is 1. The number of hydrogen-bond acceptors (Lipinski definition) is 5. The molecule has 2 rings (SSSR count). The van der Waals surface area contributed by atoms with Crippen molar-refractivity contribution in [2.75, 3.05) is 25.5 Å². The topological polar surface area (TPSA) is 77.2 Å². The quantitative estimate of drug-likeness (QED) is 0.801. The van der Waals surface area contributed by atoms with Gasteiger partial charge < -0.3 is 15.8 Å². The number of fused-ring (bicyclic) bond motifs is 1. The average Bonchev–Trinajstić information content (AvgIpc) is 2.76. The Morgan fingerprint density at radius 1 is 1.55 bits per heavy atom. The fraction of sp³-hybridized carbons (Fsp3) is 0.429. The summed E-state index contributed by atoms with van der Waals surface area (Å²) >= 11 is 1.31. The van der Waals surface area contributed by atoms with Crippen molar-refractivity contribution in [3.63, 3.8) is 0 Å². The molecule has 20 heavy (non-hydrogen) atoms. The largest absolute Gasteiger partial charge is 0.397 e. The van der Waals surface area contributed by atoms with Crippen LogP contribution in [0.3, 0.4) is 0 Å². The lowest BCUT2D eigenvalue weighted by molar-refractivity contribution is 0.0890. The predicted octanol–water partition coefficient (Wildman–Crippen LogP) is 2.28. The number of carbonyl (C=O) groups is 1. The van der Waals surface area contributed by atoms with Gasteiger partial charge in [0.2, 0.25) is 0 Å². The third kappa shape index (κ3) is 3.46. The van der Waals surface area contributed by atoms with Gasteiger partial charge in [0.25, 0.3) is 5.91 Å². The van der Waals surface area contributed by atoms with Crippen LogP contribution in [-0.2, 0) is 4.74 Å². The number of pyridine rings is 1. The van der Waals surface area contributed by atoms with Gasteiger partial charge in [-0.25, -0.2) is 4.98 Å². The molecule has 108 valence electrons. The monoisotopic (exact) mass is 293 g/mol. The molecule has 0 aromatic carbocycles. The standard InChI is InChI=1S/C14H19N3O2S/c1-9(2)8-19-7-6-16-13(18)12-11(15)10-4-3-5-17-14(10)20-12/h3-5,9H,6-8,15H2,1-2H3,(H,16,18). The number of nitrogen functional groups attached to an aromatic ring is 1. The van der Waals surface area contributed by atoms with Gasteiger partial charge in [-0.3, -0.25) is 4.79 Å². The van der Waals surface area contributed by atoms with E-state index in [2.05, 4.69) is 24.1 Å². The molecule has 0 atom stereocenters. The highest BCUT2D eigenvalue weighted by Gasteiger charge is 2.16. The van der Waals surface area contributed by atoms with Gasteiger partial charge >= 0.3 is 0 Å². The van der Waals surface area contributed by atoms with Gasteiger partial charge in [0.1, 0.15) is 9.71 Å². The van der Waals surface area contributed by atoms with Crippen molar-refractivity contribution in [1.29, 1.82) is 0 Å². The number of anilines is 1. The summed E-state index contributed by atoms with van der Waals surface area (Å²) in [5.41, 5.74) is 6.49. The lowest BCUT2D eigenvalue weighted by Crippen LogP contribution is -2.27. The summed E-state index contributed by atoms with van der Waals surface area (Å²) in [5.74, 6) is 0.327. The van der Waals surface area contributed by atoms with E-state index in [1.165, 1.54) is 11.3 Å². The molecule has 0 aliphatic rings. The zero-order valence-corrected chi connectivity index (χ0v) is 12.5. The molecule has 0 unspecified atom stereocenters. The van der Waals surface area contributed by atoms with Gasteiger partial charge in [-0.15, -0.1) is 11.3 Å². The van der Waals surface area contributed by atoms with Gasteiger partial charge in [-0.2, -0.15) is 0 Å². The zero-order valence-electron chi connectivity index (χ0n) is 11.7. The maximum atomic E-state index is 12.1. The summed E-state index contributed by atoms with van der Waals surface area (Å²) in [7, 11) is 0. The minimum atomic E-state index is -0.168. The summed E-state index contributed by atoms with van der Waals surface area (Å²) in [4.78, 5) is 17.6. The van der Waals surface area contributed by atoms with Gasteiger partial charge in [0, 0.05) is 24.7 Å². The second-order valence-corrected chi connectivity index (χ2v) is 5.92. The van der Waals surface area contributed by atoms with Crippen LogP contribution < -0.4 is 11.1 Å². The number of nitrogens with one attached hydrogen (secondary N) is 1. The highest BCUT2D eigenvalue weighted by Crippen LogP contribution is 2.31. The molecule has 0 saturated carbocycles. The normalized spacial score (nSPS) is 11.2. The molecular formula is C14H19N3O2S. The molecule has 6 heteroatoms. The number of nitrogens with zero attached hydrogens (tertiary/aromatic N) is 1. The third-order valence-electron chi connectivity index (χ3n) is 2.69. The van der Waals surface area contributed by atoms with Gasteiger partial charge in [0.05, 0.1) is 12.3 Å². The summed E-state index contributed by atoms with van der Waals surface area (Å²) in [5, 5.41) is 3.65. The van der Waals surface area contributed by atoms with E-state index < -0.39 is 0 Å². The predicted molar refractivity (Wildman–Crippen MR) is 82.0 cm³/mol. The van der Waals surface area contributed by atoms with Gasteiger partial charge in [0.15, 0.2) is 0 Å². The molecule has 0 aliphatic heterocycles. The van der Waals surface area contributed by atoms with Crippen molar-refractivity contribution in [1.82, 2.24) is 10.3 Å². The van der Waals surface area contributed by atoms with Crippen LogP contribution in [0.25, 0.3) is 10.2 Å². The van der Waals surface area contributed by atoms with Crippen molar-refractivity contribution in [2.24, 2.45) is 5.92 Å². The highest BCUT2D eigenvalue weighted by atomic mass is 32.1. The van der Waals surface area contributed by atoms with E-state index in [0.29, 0.717) is 36.2 Å². The number of rotatable bonds is 6. The van der Waals surface area contributed by atoms with E-state index in [0.717, 1.165) is 10.2 Å². The van der Waals surface area contributed by atoms with E-state index in [1.54, 1.807) is 6.20 Å². The van der Waals surface area contributed by atoms with Crippen LogP contribution in [0.1, 0.15) is 23.5 Å². The Morgan fingerprint density at radius 3 is 3.05 bits per heavy atom. The lowest BCUT2D eigenvalue weighted by Gasteiger charge is -2.07. The fourth-order valence-corrected chi connectivity index (χ4v) is 2.74. The van der Waals surface area contributed by atoms with Crippen molar-refractivity contribution in [3.8, 4) is 0 Å². The second kappa shape index (κ2) is 6.67. The van der Waals surface area contributed by atoms with E-state index in [4.69, 9.17) is 10.5 Å². The lowest BCUT2D eigenvalue weighted by atomic mass is 10.2. The number of ether oxygens (including phenoxy) is 1. The van der Waals surface area contributed by atoms with E-state index in [-0.39, 0.29) is 5.91 Å². The first-order valence-corrected chi connectivity index (χ1v) is 7.40. The first kappa shape index (κ1) is 14.7. The Bertz CT molecular complexity index is 595. The van der Waals surface area contributed by atoms with Crippen molar-refractivity contribution in [2.45, 2.75) is 13.8 Å². The summed E-state index contributed by atoms with van der Waals surface area (Å²) in [6.07, 6.45) is 1.69. The first-order chi connectivity index (χ1) is 9.59.